The Morgan fingerprint density at radius 3 is 2.70 bits per heavy atom. The minimum Gasteiger partial charge on any atom is -0.320 e. The minimum absolute atomic E-state index is 0.286. The summed E-state index contributed by atoms with van der Waals surface area (Å²) in [6.07, 6.45) is 4.67. The molecular formula is C17H20N2O. The molecule has 1 N–H and O–H groups in total. The summed E-state index contributed by atoms with van der Waals surface area (Å²) in [6.45, 7) is 3.99. The quantitative estimate of drug-likeness (QED) is 0.924. The summed E-state index contributed by atoms with van der Waals surface area (Å²) in [5, 5.41) is 3.32. The van der Waals surface area contributed by atoms with Crippen LogP contribution in [0.2, 0.25) is 0 Å². The van der Waals surface area contributed by atoms with E-state index < -0.39 is 0 Å². The van der Waals surface area contributed by atoms with Crippen LogP contribution >= 0.6 is 0 Å². The second-order valence-corrected chi connectivity index (χ2v) is 5.27. The van der Waals surface area contributed by atoms with Crippen LogP contribution in [-0.2, 0) is 13.0 Å². The number of Topliss-reactive ketones (excluding diaryl/α,β-unsaturated/α-hetero) is 1. The number of hydrogen-bond donors (Lipinski definition) is 1. The molecule has 0 spiro atoms. The zero-order chi connectivity index (χ0) is 13.9. The van der Waals surface area contributed by atoms with Gasteiger partial charge in [0.2, 0.25) is 0 Å². The Labute approximate surface area is 119 Å². The van der Waals surface area contributed by atoms with Gasteiger partial charge in [0.1, 0.15) is 0 Å². The molecule has 0 saturated heterocycles. The Morgan fingerprint density at radius 1 is 1.15 bits per heavy atom. The summed E-state index contributed by atoms with van der Waals surface area (Å²) in [5.41, 5.74) is 4.50. The first kappa shape index (κ1) is 13.1. The van der Waals surface area contributed by atoms with E-state index in [1.165, 1.54) is 11.3 Å². The molecule has 0 fully saturated rings. The van der Waals surface area contributed by atoms with Crippen LogP contribution in [-0.4, -0.2) is 16.9 Å². The summed E-state index contributed by atoms with van der Waals surface area (Å²) in [5.74, 6) is 0.286. The van der Waals surface area contributed by atoms with Crippen LogP contribution in [0.15, 0.2) is 36.5 Å². The van der Waals surface area contributed by atoms with Crippen LogP contribution in [0.3, 0.4) is 0 Å². The molecule has 0 aliphatic heterocycles. The molecular weight excluding hydrogens is 248 g/mol. The molecule has 0 bridgehead atoms. The number of nitrogens with zero attached hydrogens (tertiary/aromatic N) is 1. The van der Waals surface area contributed by atoms with Crippen molar-refractivity contribution in [3.05, 3.63) is 53.3 Å². The Hall–Kier alpha value is -1.87. The zero-order valence-electron chi connectivity index (χ0n) is 11.9. The normalized spacial score (nSPS) is 14.3. The molecule has 0 atom stereocenters. The lowest BCUT2D eigenvalue weighted by Crippen LogP contribution is -2.13. The van der Waals surface area contributed by atoms with Crippen molar-refractivity contribution >= 4 is 5.78 Å². The maximum absolute atomic E-state index is 11.9. The number of ketones is 1. The van der Waals surface area contributed by atoms with Gasteiger partial charge >= 0.3 is 0 Å². The van der Waals surface area contributed by atoms with Crippen LogP contribution in [0.1, 0.15) is 41.4 Å². The van der Waals surface area contributed by atoms with Crippen LogP contribution in [0, 0.1) is 0 Å². The van der Waals surface area contributed by atoms with Gasteiger partial charge < -0.3 is 9.88 Å². The first-order valence-electron chi connectivity index (χ1n) is 7.33. The van der Waals surface area contributed by atoms with Crippen molar-refractivity contribution in [1.29, 1.82) is 0 Å². The lowest BCUT2D eigenvalue weighted by Gasteiger charge is -2.15. The summed E-state index contributed by atoms with van der Waals surface area (Å²) in [4.78, 5) is 11.9. The highest BCUT2D eigenvalue weighted by atomic mass is 16.1. The molecule has 20 heavy (non-hydrogen) atoms. The predicted molar refractivity (Wildman–Crippen MR) is 80.4 cm³/mol. The van der Waals surface area contributed by atoms with E-state index in [1.807, 2.05) is 12.3 Å². The zero-order valence-corrected chi connectivity index (χ0v) is 11.9. The number of hydrogen-bond acceptors (Lipinski definition) is 2. The van der Waals surface area contributed by atoms with Gasteiger partial charge in [-0.15, -0.1) is 0 Å². The number of fused-ring (bicyclic) bond motifs is 1. The van der Waals surface area contributed by atoms with Crippen molar-refractivity contribution in [2.24, 2.45) is 0 Å². The first-order valence-corrected chi connectivity index (χ1v) is 7.33. The number of carbonyl (C=O) groups is 1. The van der Waals surface area contributed by atoms with E-state index in [2.05, 4.69) is 41.1 Å². The van der Waals surface area contributed by atoms with E-state index in [9.17, 15) is 4.79 Å². The van der Waals surface area contributed by atoms with Crippen LogP contribution in [0.5, 0.6) is 0 Å². The maximum atomic E-state index is 11.9. The standard InChI is InChI=1S/C17H20N2O/c1-2-18-12-13-6-8-14(9-7-13)19-11-10-15-16(19)4-3-5-17(15)20/h6-11,18H,2-5,12H2,1H3. The van der Waals surface area contributed by atoms with Gasteiger partial charge in [0, 0.05) is 36.1 Å². The van der Waals surface area contributed by atoms with Gasteiger partial charge in [-0.05, 0) is 43.1 Å². The van der Waals surface area contributed by atoms with Crippen LogP contribution < -0.4 is 5.32 Å². The molecule has 0 unspecified atom stereocenters. The smallest absolute Gasteiger partial charge is 0.164 e. The number of rotatable bonds is 4. The third-order valence-electron chi connectivity index (χ3n) is 3.90. The highest BCUT2D eigenvalue weighted by Crippen LogP contribution is 2.25. The molecule has 3 nitrogen and oxygen atoms in total. The largest absolute Gasteiger partial charge is 0.320 e. The SMILES string of the molecule is CCNCc1ccc(-n2ccc3c2CCCC3=O)cc1. The topological polar surface area (TPSA) is 34.0 Å². The minimum atomic E-state index is 0.286. The van der Waals surface area contributed by atoms with Crippen LogP contribution in [0.4, 0.5) is 0 Å². The molecule has 0 radical (unpaired) electrons. The fourth-order valence-electron chi connectivity index (χ4n) is 2.81. The monoisotopic (exact) mass is 268 g/mol. The average molecular weight is 268 g/mol. The lowest BCUT2D eigenvalue weighted by molar-refractivity contribution is 0.0972. The second kappa shape index (κ2) is 5.63. The van der Waals surface area contributed by atoms with Gasteiger partial charge in [-0.2, -0.15) is 0 Å². The van der Waals surface area contributed by atoms with Gasteiger partial charge in [0.05, 0.1) is 0 Å². The van der Waals surface area contributed by atoms with Crippen molar-refractivity contribution in [2.45, 2.75) is 32.7 Å². The van der Waals surface area contributed by atoms with Gasteiger partial charge in [0.25, 0.3) is 0 Å². The maximum Gasteiger partial charge on any atom is 0.164 e. The molecule has 1 aromatic heterocycles. The third kappa shape index (κ3) is 2.41. The number of aromatic nitrogens is 1. The highest BCUT2D eigenvalue weighted by molar-refractivity contribution is 5.98. The fraction of sp³-hybridized carbons (Fsp3) is 0.353. The molecule has 104 valence electrons. The fourth-order valence-corrected chi connectivity index (χ4v) is 2.81. The van der Waals surface area contributed by atoms with Crippen LogP contribution in [0.25, 0.3) is 5.69 Å². The summed E-state index contributed by atoms with van der Waals surface area (Å²) in [6, 6.07) is 10.5. The molecule has 3 heteroatoms. The Kier molecular flexibility index (Phi) is 3.70. The predicted octanol–water partition coefficient (Wildman–Crippen LogP) is 3.11. The third-order valence-corrected chi connectivity index (χ3v) is 3.90. The first-order chi connectivity index (χ1) is 9.79. The molecule has 0 amide bonds. The van der Waals surface area contributed by atoms with E-state index in [0.717, 1.165) is 37.2 Å². The molecule has 1 aromatic carbocycles. The van der Waals surface area contributed by atoms with Gasteiger partial charge in [-0.3, -0.25) is 4.79 Å². The van der Waals surface area contributed by atoms with Crippen molar-refractivity contribution in [2.75, 3.05) is 6.54 Å². The van der Waals surface area contributed by atoms with Crippen molar-refractivity contribution in [3.8, 4) is 5.69 Å². The summed E-state index contributed by atoms with van der Waals surface area (Å²) in [7, 11) is 0. The highest BCUT2D eigenvalue weighted by Gasteiger charge is 2.20. The van der Waals surface area contributed by atoms with E-state index in [-0.39, 0.29) is 5.78 Å². The molecule has 1 heterocycles. The second-order valence-electron chi connectivity index (χ2n) is 5.27. The Morgan fingerprint density at radius 2 is 1.95 bits per heavy atom. The number of carbonyl (C=O) groups excluding carboxylic acids is 1. The molecule has 2 aromatic rings. The van der Waals surface area contributed by atoms with E-state index in [1.54, 1.807) is 0 Å². The molecule has 1 aliphatic rings. The Balaban J connectivity index is 1.88. The molecule has 1 aliphatic carbocycles. The number of nitrogens with one attached hydrogen (secondary N) is 1. The van der Waals surface area contributed by atoms with Crippen molar-refractivity contribution < 1.29 is 4.79 Å². The Bertz CT molecular complexity index is 610. The van der Waals surface area contributed by atoms with Gasteiger partial charge in [-0.25, -0.2) is 0 Å². The van der Waals surface area contributed by atoms with E-state index in [4.69, 9.17) is 0 Å². The van der Waals surface area contributed by atoms with Crippen molar-refractivity contribution in [1.82, 2.24) is 9.88 Å². The average Bonchev–Trinajstić information content (AvgIpc) is 2.91. The molecule has 3 rings (SSSR count). The lowest BCUT2D eigenvalue weighted by atomic mass is 9.97. The van der Waals surface area contributed by atoms with Gasteiger partial charge in [0.15, 0.2) is 5.78 Å². The van der Waals surface area contributed by atoms with E-state index in [0.29, 0.717) is 6.42 Å². The molecule has 0 saturated carbocycles. The van der Waals surface area contributed by atoms with Gasteiger partial charge in [-0.1, -0.05) is 19.1 Å². The van der Waals surface area contributed by atoms with Crippen molar-refractivity contribution in [3.63, 3.8) is 0 Å². The van der Waals surface area contributed by atoms with E-state index >= 15 is 0 Å². The summed E-state index contributed by atoms with van der Waals surface area (Å²) < 4.78 is 2.16. The number of benzene rings is 1. The summed E-state index contributed by atoms with van der Waals surface area (Å²) >= 11 is 0.